The third-order valence-corrected chi connectivity index (χ3v) is 5.90. The molecule has 3 aromatic rings. The van der Waals surface area contributed by atoms with E-state index >= 15 is 0 Å². The SMILES string of the molecule is COc1ccc(/C(O)=C2/C(=O)C(=O)N(c3ccc(C#N)cc3)C2c2ccc(O)c([N+](=O)[O-])c2)cc1C. The van der Waals surface area contributed by atoms with Gasteiger partial charge in [0.1, 0.15) is 11.5 Å². The number of phenolic OH excluding ortho intramolecular Hbond substituents is 1. The number of anilines is 1. The molecule has 0 aliphatic carbocycles. The van der Waals surface area contributed by atoms with E-state index in [1.807, 2.05) is 6.07 Å². The summed E-state index contributed by atoms with van der Waals surface area (Å²) in [6.07, 6.45) is 0. The van der Waals surface area contributed by atoms with E-state index in [9.17, 15) is 29.9 Å². The number of aryl methyl sites for hydroxylation is 1. The molecule has 1 fully saturated rings. The molecule has 180 valence electrons. The monoisotopic (exact) mass is 485 g/mol. The summed E-state index contributed by atoms with van der Waals surface area (Å²) in [6.45, 7) is 1.74. The molecule has 0 saturated carbocycles. The average Bonchev–Trinajstić information content (AvgIpc) is 3.14. The van der Waals surface area contributed by atoms with Crippen molar-refractivity contribution in [2.75, 3.05) is 12.0 Å². The number of aliphatic hydroxyl groups is 1. The number of nitro groups is 1. The first-order valence-corrected chi connectivity index (χ1v) is 10.6. The Morgan fingerprint density at radius 2 is 1.81 bits per heavy atom. The topological polar surface area (TPSA) is 154 Å². The van der Waals surface area contributed by atoms with Gasteiger partial charge in [0, 0.05) is 17.3 Å². The van der Waals surface area contributed by atoms with Crippen LogP contribution in [-0.2, 0) is 9.59 Å². The lowest BCUT2D eigenvalue weighted by Gasteiger charge is -2.25. The van der Waals surface area contributed by atoms with Crippen LogP contribution in [-0.4, -0.2) is 33.9 Å². The summed E-state index contributed by atoms with van der Waals surface area (Å²) in [5.41, 5.74) is 0.675. The third-order valence-electron chi connectivity index (χ3n) is 5.90. The number of ether oxygens (including phenoxy) is 1. The van der Waals surface area contributed by atoms with E-state index in [2.05, 4.69) is 0 Å². The van der Waals surface area contributed by atoms with Crippen molar-refractivity contribution in [2.24, 2.45) is 0 Å². The Balaban J connectivity index is 1.98. The number of methoxy groups -OCH3 is 1. The number of phenols is 1. The molecule has 10 nitrogen and oxygen atoms in total. The van der Waals surface area contributed by atoms with Gasteiger partial charge >= 0.3 is 5.69 Å². The smallest absolute Gasteiger partial charge is 0.311 e. The molecule has 1 atom stereocenters. The van der Waals surface area contributed by atoms with Gasteiger partial charge in [-0.1, -0.05) is 6.07 Å². The van der Waals surface area contributed by atoms with Crippen LogP contribution in [0.15, 0.2) is 66.2 Å². The maximum absolute atomic E-state index is 13.2. The van der Waals surface area contributed by atoms with Crippen molar-refractivity contribution in [2.45, 2.75) is 13.0 Å². The molecule has 1 amide bonds. The molecule has 1 aliphatic heterocycles. The van der Waals surface area contributed by atoms with Crippen LogP contribution in [0.5, 0.6) is 11.5 Å². The second kappa shape index (κ2) is 9.23. The van der Waals surface area contributed by atoms with Crippen LogP contribution in [0.3, 0.4) is 0 Å². The maximum Gasteiger partial charge on any atom is 0.311 e. The molecule has 4 rings (SSSR count). The van der Waals surface area contributed by atoms with Crippen molar-refractivity contribution in [1.82, 2.24) is 0 Å². The number of hydrogen-bond donors (Lipinski definition) is 2. The van der Waals surface area contributed by atoms with Crippen molar-refractivity contribution in [3.63, 3.8) is 0 Å². The number of hydrogen-bond acceptors (Lipinski definition) is 8. The number of rotatable bonds is 5. The summed E-state index contributed by atoms with van der Waals surface area (Å²) in [7, 11) is 1.49. The molecule has 1 aliphatic rings. The molecular formula is C26H19N3O7. The lowest BCUT2D eigenvalue weighted by Crippen LogP contribution is -2.29. The van der Waals surface area contributed by atoms with Crippen molar-refractivity contribution in [1.29, 1.82) is 5.26 Å². The second-order valence-corrected chi connectivity index (χ2v) is 8.02. The number of benzene rings is 3. The molecule has 1 heterocycles. The van der Waals surface area contributed by atoms with Crippen LogP contribution in [0.2, 0.25) is 0 Å². The summed E-state index contributed by atoms with van der Waals surface area (Å²) in [5, 5.41) is 41.7. The Morgan fingerprint density at radius 1 is 1.11 bits per heavy atom. The van der Waals surface area contributed by atoms with E-state index in [0.717, 1.165) is 17.0 Å². The zero-order valence-corrected chi connectivity index (χ0v) is 19.1. The minimum Gasteiger partial charge on any atom is -0.507 e. The predicted octanol–water partition coefficient (Wildman–Crippen LogP) is 4.12. The standard InChI is InChI=1S/C26H19N3O7/c1-14-11-17(6-10-21(14)36-2)24(31)22-23(16-5-9-20(30)19(12-16)29(34)35)28(26(33)25(22)32)18-7-3-15(13-27)4-8-18/h3-12,23,30-31H,1-2H3/b24-22-. The number of nitrogens with zero attached hydrogens (tertiary/aromatic N) is 3. The lowest BCUT2D eigenvalue weighted by atomic mass is 9.94. The van der Waals surface area contributed by atoms with Gasteiger partial charge in [0.05, 0.1) is 35.3 Å². The van der Waals surface area contributed by atoms with Crippen LogP contribution in [0.25, 0.3) is 5.76 Å². The van der Waals surface area contributed by atoms with Gasteiger partial charge in [0.15, 0.2) is 5.75 Å². The fourth-order valence-electron chi connectivity index (χ4n) is 4.15. The summed E-state index contributed by atoms with van der Waals surface area (Å²) in [5.74, 6) is -2.48. The van der Waals surface area contributed by atoms with Gasteiger partial charge in [-0.2, -0.15) is 5.26 Å². The Morgan fingerprint density at radius 3 is 2.39 bits per heavy atom. The maximum atomic E-state index is 13.2. The lowest BCUT2D eigenvalue weighted by molar-refractivity contribution is -0.385. The molecule has 0 aromatic heterocycles. The van der Waals surface area contributed by atoms with Gasteiger partial charge in [-0.15, -0.1) is 0 Å². The number of aliphatic hydroxyl groups excluding tert-OH is 1. The number of nitro benzene ring substituents is 1. The van der Waals surface area contributed by atoms with Crippen molar-refractivity contribution >= 4 is 28.8 Å². The van der Waals surface area contributed by atoms with E-state index in [1.54, 1.807) is 19.1 Å². The van der Waals surface area contributed by atoms with Crippen LogP contribution in [0.1, 0.15) is 28.3 Å². The van der Waals surface area contributed by atoms with Crippen LogP contribution in [0, 0.1) is 28.4 Å². The highest BCUT2D eigenvalue weighted by Gasteiger charge is 2.47. The Bertz CT molecular complexity index is 1490. The number of carbonyl (C=O) groups is 2. The minimum absolute atomic E-state index is 0.120. The Labute approximate surface area is 205 Å². The van der Waals surface area contributed by atoms with Crippen molar-refractivity contribution < 1.29 is 29.5 Å². The second-order valence-electron chi connectivity index (χ2n) is 8.02. The van der Waals surface area contributed by atoms with Crippen LogP contribution >= 0.6 is 0 Å². The number of aromatic hydroxyl groups is 1. The molecule has 0 spiro atoms. The van der Waals surface area contributed by atoms with Crippen molar-refractivity contribution in [3.05, 3.63) is 98.6 Å². The van der Waals surface area contributed by atoms with E-state index in [0.29, 0.717) is 16.9 Å². The molecular weight excluding hydrogens is 466 g/mol. The summed E-state index contributed by atoms with van der Waals surface area (Å²) in [6, 6.07) is 14.7. The largest absolute Gasteiger partial charge is 0.507 e. The molecule has 36 heavy (non-hydrogen) atoms. The fraction of sp³-hybridized carbons (Fsp3) is 0.115. The quantitative estimate of drug-likeness (QED) is 0.180. The highest BCUT2D eigenvalue weighted by atomic mass is 16.6. The molecule has 2 N–H and O–H groups in total. The molecule has 0 radical (unpaired) electrons. The highest BCUT2D eigenvalue weighted by Crippen LogP contribution is 2.44. The van der Waals surface area contributed by atoms with Crippen LogP contribution < -0.4 is 9.64 Å². The van der Waals surface area contributed by atoms with Gasteiger partial charge in [-0.25, -0.2) is 0 Å². The fourth-order valence-corrected chi connectivity index (χ4v) is 4.15. The first-order valence-electron chi connectivity index (χ1n) is 10.6. The minimum atomic E-state index is -1.25. The van der Waals surface area contributed by atoms with Gasteiger partial charge in [0.25, 0.3) is 11.7 Å². The predicted molar refractivity (Wildman–Crippen MR) is 128 cm³/mol. The molecule has 3 aromatic carbocycles. The van der Waals surface area contributed by atoms with E-state index < -0.39 is 39.9 Å². The van der Waals surface area contributed by atoms with Gasteiger partial charge < -0.3 is 14.9 Å². The third kappa shape index (κ3) is 3.99. The normalized spacial score (nSPS) is 16.6. The molecule has 1 saturated heterocycles. The van der Waals surface area contributed by atoms with E-state index in [1.165, 1.54) is 43.5 Å². The zero-order chi connectivity index (χ0) is 26.1. The van der Waals surface area contributed by atoms with E-state index in [4.69, 9.17) is 10.00 Å². The number of Topliss-reactive ketones (excluding diaryl/α,β-unsaturated/α-hetero) is 1. The number of carbonyl (C=O) groups excluding carboxylic acids is 2. The van der Waals surface area contributed by atoms with E-state index in [-0.39, 0.29) is 22.4 Å². The molecule has 1 unspecified atom stereocenters. The van der Waals surface area contributed by atoms with Crippen molar-refractivity contribution in [3.8, 4) is 17.6 Å². The summed E-state index contributed by atoms with van der Waals surface area (Å²) >= 11 is 0. The summed E-state index contributed by atoms with van der Waals surface area (Å²) in [4.78, 5) is 38.2. The molecule has 10 heteroatoms. The summed E-state index contributed by atoms with van der Waals surface area (Å²) < 4.78 is 5.24. The Kier molecular flexibility index (Phi) is 6.15. The first-order chi connectivity index (χ1) is 17.2. The Hall–Kier alpha value is -5.17. The first kappa shape index (κ1) is 24.0. The number of ketones is 1. The van der Waals surface area contributed by atoms with Gasteiger partial charge in [-0.3, -0.25) is 24.6 Å². The van der Waals surface area contributed by atoms with Gasteiger partial charge in [0.2, 0.25) is 0 Å². The number of nitriles is 1. The van der Waals surface area contributed by atoms with Crippen LogP contribution in [0.4, 0.5) is 11.4 Å². The zero-order valence-electron chi connectivity index (χ0n) is 19.1. The van der Waals surface area contributed by atoms with Gasteiger partial charge in [-0.05, 0) is 66.6 Å². The highest BCUT2D eigenvalue weighted by molar-refractivity contribution is 6.51. The number of amides is 1. The molecule has 0 bridgehead atoms. The average molecular weight is 485 g/mol.